The third-order valence-electron chi connectivity index (χ3n) is 28.7. The van der Waals surface area contributed by atoms with Crippen molar-refractivity contribution in [3.8, 4) is 119 Å². The Morgan fingerprint density at radius 2 is 0.553 bits per heavy atom. The molecule has 0 bridgehead atoms. The fourth-order valence-electron chi connectivity index (χ4n) is 21.5. The van der Waals surface area contributed by atoms with Gasteiger partial charge in [-0.25, -0.2) is 44.9 Å². The molecule has 0 amide bonds. The highest BCUT2D eigenvalue weighted by atomic mass is 32.1. The van der Waals surface area contributed by atoms with Crippen LogP contribution in [0.2, 0.25) is 0 Å². The van der Waals surface area contributed by atoms with Gasteiger partial charge in [0.1, 0.15) is 11.2 Å². The predicted molar refractivity (Wildman–Crippen MR) is 626 cm³/mol. The van der Waals surface area contributed by atoms with Crippen molar-refractivity contribution in [2.75, 3.05) is 0 Å². The molecule has 0 unspecified atom stereocenters. The average molecular weight is 1970 g/mol. The van der Waals surface area contributed by atoms with Gasteiger partial charge in [-0.2, -0.15) is 0 Å². The second-order valence-electron chi connectivity index (χ2n) is 37.6. The van der Waals surface area contributed by atoms with E-state index in [-0.39, 0.29) is 0 Å². The Bertz CT molecular complexity index is 10500. The largest absolute Gasteiger partial charge is 0.455 e. The lowest BCUT2D eigenvalue weighted by Gasteiger charge is -2.20. The number of hydrogen-bond donors (Lipinski definition) is 0. The summed E-state index contributed by atoms with van der Waals surface area (Å²) < 4.78 is 28.9. The van der Waals surface area contributed by atoms with E-state index in [0.717, 1.165) is 155 Å². The molecule has 21 aromatic carbocycles. The molecule has 0 aliphatic heterocycles. The van der Waals surface area contributed by atoms with Crippen LogP contribution >= 0.6 is 29.8 Å². The van der Waals surface area contributed by atoms with Gasteiger partial charge in [-0.1, -0.05) is 413 Å². The number of rotatable bonds is 14. The summed E-state index contributed by atoms with van der Waals surface area (Å²) in [6.07, 6.45) is 0. The minimum Gasteiger partial charge on any atom is -0.455 e. The van der Waals surface area contributed by atoms with Gasteiger partial charge in [0.25, 0.3) is 0 Å². The van der Waals surface area contributed by atoms with Gasteiger partial charge in [0, 0.05) is 144 Å². The van der Waals surface area contributed by atoms with Crippen LogP contribution in [-0.4, -0.2) is 49.4 Å². The SMILES string of the molecule is O=P(c1ccccc1)(c1ccccc1)c1cccc(-c2ccc(-c3nc4cc5ccccc5cc4c4oc5ccccc5c34)cc2)c1.c1ccc(-c2nc(-c3ccc(-n4c5ccccc5c5ccccc54)cc3)nc(-c3cccc(-c4nc5ccc6ccccc6c5c5sc6ccccc6c45)c3)n2)cc1.c1ccc(-c2nc(-c3ccccc3)nc(-c3ccc(-c4nc5ccc6ccccc6c5c5sc6ccccc6c45)cc3)n2)cc1. The van der Waals surface area contributed by atoms with E-state index in [1.807, 2.05) is 205 Å². The average Bonchev–Trinajstić information content (AvgIpc) is 1.55. The second-order valence-corrected chi connectivity index (χ2v) is 42.4. The molecule has 0 N–H and O–H groups in total. The van der Waals surface area contributed by atoms with Crippen LogP contribution in [0.4, 0.5) is 0 Å². The summed E-state index contributed by atoms with van der Waals surface area (Å²) in [5.74, 6) is 3.79. The second kappa shape index (κ2) is 37.2. The van der Waals surface area contributed by atoms with Crippen molar-refractivity contribution in [1.82, 2.24) is 49.4 Å². The van der Waals surface area contributed by atoms with E-state index >= 15 is 4.57 Å². The van der Waals surface area contributed by atoms with Crippen LogP contribution in [0.1, 0.15) is 0 Å². The Morgan fingerprint density at radius 1 is 0.207 bits per heavy atom. The predicted octanol–water partition coefficient (Wildman–Crippen LogP) is 34.6. The minimum atomic E-state index is -3.09. The number of furan rings is 1. The van der Waals surface area contributed by atoms with E-state index in [1.54, 1.807) is 0 Å². The fourth-order valence-corrected chi connectivity index (χ4v) is 26.7. The Balaban J connectivity index is 0.000000109. The van der Waals surface area contributed by atoms with E-state index < -0.39 is 7.14 Å². The molecule has 0 aliphatic rings. The molecule has 9 aromatic heterocycles. The minimum absolute atomic E-state index is 0.607. The normalized spacial score (nSPS) is 11.8. The van der Waals surface area contributed by atoms with Gasteiger partial charge in [-0.05, 0) is 134 Å². The zero-order chi connectivity index (χ0) is 99.3. The summed E-state index contributed by atoms with van der Waals surface area (Å²) in [5, 5.41) is 22.4. The van der Waals surface area contributed by atoms with E-state index in [1.165, 1.54) is 94.5 Å². The van der Waals surface area contributed by atoms with Crippen molar-refractivity contribution in [1.29, 1.82) is 0 Å². The summed E-state index contributed by atoms with van der Waals surface area (Å²) in [7, 11) is -3.09. The van der Waals surface area contributed by atoms with Crippen LogP contribution in [0.5, 0.6) is 0 Å². The highest BCUT2D eigenvalue weighted by Crippen LogP contribution is 2.51. The van der Waals surface area contributed by atoms with Gasteiger partial charge in [-0.15, -0.1) is 22.7 Å². The molecule has 0 fully saturated rings. The lowest BCUT2D eigenvalue weighted by Crippen LogP contribution is -2.25. The highest BCUT2D eigenvalue weighted by Gasteiger charge is 2.32. The van der Waals surface area contributed by atoms with Crippen LogP contribution in [-0.2, 0) is 4.57 Å². The van der Waals surface area contributed by atoms with E-state index in [4.69, 9.17) is 49.3 Å². The number of benzene rings is 21. The molecule has 0 atom stereocenters. The van der Waals surface area contributed by atoms with Crippen LogP contribution in [0, 0.1) is 0 Å². The van der Waals surface area contributed by atoms with Crippen molar-refractivity contribution >= 4 is 195 Å². The summed E-state index contributed by atoms with van der Waals surface area (Å²) in [4.78, 5) is 46.0. The standard InChI is InChI=1S/C52H31N5S.C43H28NO2P.C40H24N4S/c1-2-14-33(15-3-1)50-54-51(34-25-28-37(29-26-34)57-43-22-9-6-19-39(43)40-20-7-10-23-44(40)57)56-52(55-50)36-17-12-16-35(31-36)48-47-41-21-8-11-24-45(41)58-49(47)46-38-18-5-4-13-32(38)27-30-42(46)53-48;45-47(34-15-3-1-4-16-34,35-17-5-2-6-18-35)36-19-11-14-31(26-36)29-22-24-30(25-23-29)42-41-37-20-9-10-21-40(37)46-43(41)38-27-32-12-7-8-13-33(32)28-39(38)44-42;1-3-12-27(13-4-1)38-42-39(28-14-5-2-6-15-28)44-40(43-38)29-21-19-26(20-22-29)36-35-31-17-9-10-18-33(31)45-37(35)34-30-16-8-7-11-25(30)23-24-32(34)41-36/h1-31H;1-28H;1-24H. The molecule has 0 saturated carbocycles. The summed E-state index contributed by atoms with van der Waals surface area (Å²) in [5.41, 5.74) is 21.6. The van der Waals surface area contributed by atoms with Gasteiger partial charge in [-0.3, -0.25) is 0 Å². The Hall–Kier alpha value is -19.1. The smallest absolute Gasteiger partial charge is 0.171 e. The Kier molecular flexibility index (Phi) is 22.0. The van der Waals surface area contributed by atoms with Crippen molar-refractivity contribution in [3.05, 3.63) is 504 Å². The van der Waals surface area contributed by atoms with E-state index in [9.17, 15) is 0 Å². The maximum atomic E-state index is 15.0. The highest BCUT2D eigenvalue weighted by molar-refractivity contribution is 7.85. The quantitative estimate of drug-likeness (QED) is 0.0581. The molecule has 30 rings (SSSR count). The molecule has 0 saturated heterocycles. The van der Waals surface area contributed by atoms with Crippen LogP contribution in [0.3, 0.4) is 0 Å². The van der Waals surface area contributed by atoms with Gasteiger partial charge >= 0.3 is 0 Å². The molecule has 0 radical (unpaired) electrons. The summed E-state index contributed by atoms with van der Waals surface area (Å²) >= 11 is 3.69. The lowest BCUT2D eigenvalue weighted by atomic mass is 9.98. The zero-order valence-corrected chi connectivity index (χ0v) is 83.0. The first-order valence-corrected chi connectivity index (χ1v) is 53.4. The van der Waals surface area contributed by atoms with Gasteiger partial charge in [0.2, 0.25) is 0 Å². The van der Waals surface area contributed by atoms with Crippen molar-refractivity contribution < 1.29 is 8.98 Å². The lowest BCUT2D eigenvalue weighted by molar-refractivity contribution is 0.592. The number of hydrogen-bond acceptors (Lipinski definition) is 13. The first-order chi connectivity index (χ1) is 74.2. The number of fused-ring (bicyclic) bond motifs is 23. The zero-order valence-electron chi connectivity index (χ0n) is 80.5. The monoisotopic (exact) mass is 1970 g/mol. The number of pyridine rings is 3. The van der Waals surface area contributed by atoms with Crippen molar-refractivity contribution in [2.45, 2.75) is 0 Å². The van der Waals surface area contributed by atoms with Crippen LogP contribution < -0.4 is 15.9 Å². The van der Waals surface area contributed by atoms with Crippen LogP contribution in [0.15, 0.2) is 508 Å². The summed E-state index contributed by atoms with van der Waals surface area (Å²) in [6.45, 7) is 0. The molecule has 150 heavy (non-hydrogen) atoms. The first-order valence-electron chi connectivity index (χ1n) is 50.0. The fraction of sp³-hybridized carbons (Fsp3) is 0. The third kappa shape index (κ3) is 15.7. The molecule has 15 heteroatoms. The van der Waals surface area contributed by atoms with E-state index in [2.05, 4.69) is 326 Å². The van der Waals surface area contributed by atoms with Gasteiger partial charge < -0.3 is 13.5 Å². The number of thiophene rings is 2. The first kappa shape index (κ1) is 88.6. The molecule has 0 aliphatic carbocycles. The Morgan fingerprint density at radius 3 is 1.06 bits per heavy atom. The molecule has 12 nitrogen and oxygen atoms in total. The molecule has 0 spiro atoms. The molecule has 9 heterocycles. The third-order valence-corrected chi connectivity index (χ3v) is 34.1. The maximum absolute atomic E-state index is 15.0. The van der Waals surface area contributed by atoms with Gasteiger partial charge in [0.05, 0.1) is 50.1 Å². The molecule has 702 valence electrons. The number of aromatic nitrogens is 10. The van der Waals surface area contributed by atoms with Crippen molar-refractivity contribution in [2.24, 2.45) is 0 Å². The van der Waals surface area contributed by atoms with E-state index in [0.29, 0.717) is 34.9 Å². The molecular formula is C135H83N10O2PS2. The van der Waals surface area contributed by atoms with Crippen molar-refractivity contribution in [3.63, 3.8) is 0 Å². The van der Waals surface area contributed by atoms with Crippen LogP contribution in [0.25, 0.3) is 268 Å². The maximum Gasteiger partial charge on any atom is 0.171 e. The number of nitrogens with zero attached hydrogens (tertiary/aromatic N) is 10. The number of para-hydroxylation sites is 3. The molecule has 30 aromatic rings. The topological polar surface area (TPSA) is 151 Å². The summed E-state index contributed by atoms with van der Waals surface area (Å²) in [6, 6.07) is 173. The van der Waals surface area contributed by atoms with Gasteiger partial charge in [0.15, 0.2) is 42.1 Å². The Labute approximate surface area is 869 Å². The molecular weight excluding hydrogens is 1890 g/mol.